The SMILES string of the molecule is NC(=O)c1ccccc1N1CC(NC2CCN(Cc3ccc(Cl)cc3)CC2)[C@H](O)C1. The van der Waals surface area contributed by atoms with Crippen LogP contribution in [-0.4, -0.2) is 60.3 Å². The Hall–Kier alpha value is -2.12. The number of nitrogens with one attached hydrogen (secondary N) is 1. The van der Waals surface area contributed by atoms with Gasteiger partial charge in [-0.2, -0.15) is 0 Å². The molecule has 0 bridgehead atoms. The first-order valence-electron chi connectivity index (χ1n) is 10.5. The largest absolute Gasteiger partial charge is 0.390 e. The molecule has 6 nitrogen and oxygen atoms in total. The lowest BCUT2D eigenvalue weighted by molar-refractivity contribution is 0.100. The number of primary amides is 1. The Balaban J connectivity index is 1.29. The molecule has 0 aliphatic carbocycles. The normalized spacial score (nSPS) is 23.1. The van der Waals surface area contributed by atoms with E-state index in [9.17, 15) is 9.90 Å². The third-order valence-corrected chi connectivity index (χ3v) is 6.41. The van der Waals surface area contributed by atoms with Gasteiger partial charge in [0.2, 0.25) is 0 Å². The molecule has 2 heterocycles. The molecule has 160 valence electrons. The van der Waals surface area contributed by atoms with Gasteiger partial charge >= 0.3 is 0 Å². The number of anilines is 1. The number of carbonyl (C=O) groups excluding carboxylic acids is 1. The minimum Gasteiger partial charge on any atom is -0.390 e. The molecule has 7 heteroatoms. The van der Waals surface area contributed by atoms with Gasteiger partial charge in [0, 0.05) is 36.4 Å². The van der Waals surface area contributed by atoms with Crippen molar-refractivity contribution in [1.82, 2.24) is 10.2 Å². The van der Waals surface area contributed by atoms with E-state index in [4.69, 9.17) is 17.3 Å². The summed E-state index contributed by atoms with van der Waals surface area (Å²) in [6.45, 7) is 4.15. The van der Waals surface area contributed by atoms with Crippen molar-refractivity contribution in [3.8, 4) is 0 Å². The van der Waals surface area contributed by atoms with Gasteiger partial charge in [0.1, 0.15) is 0 Å². The summed E-state index contributed by atoms with van der Waals surface area (Å²) in [4.78, 5) is 16.3. The van der Waals surface area contributed by atoms with E-state index in [0.29, 0.717) is 24.7 Å². The fourth-order valence-electron chi connectivity index (χ4n) is 4.51. The van der Waals surface area contributed by atoms with Gasteiger partial charge < -0.3 is 21.1 Å². The second-order valence-electron chi connectivity index (χ2n) is 8.30. The molecule has 2 fully saturated rings. The Kier molecular flexibility index (Phi) is 6.58. The minimum absolute atomic E-state index is 0.0150. The molecule has 30 heavy (non-hydrogen) atoms. The Morgan fingerprint density at radius 1 is 1.10 bits per heavy atom. The van der Waals surface area contributed by atoms with Crippen LogP contribution in [-0.2, 0) is 6.54 Å². The first-order valence-corrected chi connectivity index (χ1v) is 10.9. The second-order valence-corrected chi connectivity index (χ2v) is 8.74. The Bertz CT molecular complexity index is 868. The van der Waals surface area contributed by atoms with E-state index in [1.165, 1.54) is 5.56 Å². The van der Waals surface area contributed by atoms with Gasteiger partial charge in [0.15, 0.2) is 0 Å². The number of para-hydroxylation sites is 1. The smallest absolute Gasteiger partial charge is 0.250 e. The molecule has 1 unspecified atom stereocenters. The number of benzene rings is 2. The summed E-state index contributed by atoms with van der Waals surface area (Å²) in [5, 5.41) is 15.0. The van der Waals surface area contributed by atoms with Crippen molar-refractivity contribution in [2.45, 2.75) is 37.6 Å². The van der Waals surface area contributed by atoms with Gasteiger partial charge in [-0.3, -0.25) is 9.69 Å². The predicted molar refractivity (Wildman–Crippen MR) is 120 cm³/mol. The fraction of sp³-hybridized carbons (Fsp3) is 0.435. The molecule has 2 aliphatic heterocycles. The van der Waals surface area contributed by atoms with Crippen LogP contribution in [0.3, 0.4) is 0 Å². The van der Waals surface area contributed by atoms with E-state index < -0.39 is 12.0 Å². The highest BCUT2D eigenvalue weighted by Crippen LogP contribution is 2.25. The lowest BCUT2D eigenvalue weighted by Gasteiger charge is -2.34. The van der Waals surface area contributed by atoms with Gasteiger partial charge in [-0.1, -0.05) is 35.9 Å². The first-order chi connectivity index (χ1) is 14.5. The van der Waals surface area contributed by atoms with E-state index in [-0.39, 0.29) is 6.04 Å². The van der Waals surface area contributed by atoms with Gasteiger partial charge in [-0.05, 0) is 55.8 Å². The highest BCUT2D eigenvalue weighted by Gasteiger charge is 2.34. The van der Waals surface area contributed by atoms with Crippen LogP contribution < -0.4 is 16.0 Å². The minimum atomic E-state index is -0.474. The standard InChI is InChI=1S/C23H29ClN4O2/c24-17-7-5-16(6-8-17)13-27-11-9-18(10-12-27)26-20-14-28(15-22(20)29)21-4-2-1-3-19(21)23(25)30/h1-8,18,20,22,26,29H,9-15H2,(H2,25,30)/t20?,22-/m1/s1. The molecule has 2 atom stereocenters. The van der Waals surface area contributed by atoms with Gasteiger partial charge in [-0.25, -0.2) is 0 Å². The zero-order chi connectivity index (χ0) is 21.1. The maximum absolute atomic E-state index is 11.7. The summed E-state index contributed by atoms with van der Waals surface area (Å²) in [7, 11) is 0. The molecular weight excluding hydrogens is 400 g/mol. The molecule has 2 aromatic rings. The average molecular weight is 429 g/mol. The predicted octanol–water partition coefficient (Wildman–Crippen LogP) is 2.24. The maximum atomic E-state index is 11.7. The van der Waals surface area contributed by atoms with E-state index >= 15 is 0 Å². The lowest BCUT2D eigenvalue weighted by Crippen LogP contribution is -2.49. The molecule has 2 saturated heterocycles. The zero-order valence-corrected chi connectivity index (χ0v) is 17.8. The number of likely N-dealkylation sites (tertiary alicyclic amines) is 1. The molecule has 2 aromatic carbocycles. The molecule has 0 radical (unpaired) electrons. The van der Waals surface area contributed by atoms with Crippen LogP contribution in [0.2, 0.25) is 5.02 Å². The van der Waals surface area contributed by atoms with Crippen molar-refractivity contribution in [3.63, 3.8) is 0 Å². The quantitative estimate of drug-likeness (QED) is 0.657. The number of nitrogens with two attached hydrogens (primary N) is 1. The number of hydrogen-bond acceptors (Lipinski definition) is 5. The van der Waals surface area contributed by atoms with E-state index in [2.05, 4.69) is 27.2 Å². The molecule has 0 spiro atoms. The number of piperidine rings is 1. The Labute approximate surface area is 182 Å². The highest BCUT2D eigenvalue weighted by atomic mass is 35.5. The van der Waals surface area contributed by atoms with Crippen LogP contribution in [0.5, 0.6) is 0 Å². The summed E-state index contributed by atoms with van der Waals surface area (Å²) >= 11 is 5.97. The Morgan fingerprint density at radius 3 is 2.50 bits per heavy atom. The van der Waals surface area contributed by atoms with Crippen LogP contribution in [0, 0.1) is 0 Å². The topological polar surface area (TPSA) is 81.8 Å². The van der Waals surface area contributed by atoms with Gasteiger partial charge in [0.05, 0.1) is 17.7 Å². The number of hydrogen-bond donors (Lipinski definition) is 3. The number of rotatable bonds is 6. The zero-order valence-electron chi connectivity index (χ0n) is 17.0. The third kappa shape index (κ3) is 4.95. The first kappa shape index (κ1) is 21.1. The summed E-state index contributed by atoms with van der Waals surface area (Å²) in [5.74, 6) is -0.440. The van der Waals surface area contributed by atoms with Crippen LogP contribution in [0.1, 0.15) is 28.8 Å². The number of nitrogens with zero attached hydrogens (tertiary/aromatic N) is 2. The van der Waals surface area contributed by atoms with Gasteiger partial charge in [0.25, 0.3) is 5.91 Å². The lowest BCUT2D eigenvalue weighted by atomic mass is 10.0. The number of halogens is 1. The van der Waals surface area contributed by atoms with E-state index in [1.807, 2.05) is 30.3 Å². The van der Waals surface area contributed by atoms with E-state index in [1.54, 1.807) is 6.07 Å². The van der Waals surface area contributed by atoms with E-state index in [0.717, 1.165) is 43.2 Å². The molecule has 2 aliphatic rings. The molecule has 0 saturated carbocycles. The summed E-state index contributed by atoms with van der Waals surface area (Å²) in [6, 6.07) is 15.8. The summed E-state index contributed by atoms with van der Waals surface area (Å²) in [6.07, 6.45) is 1.63. The maximum Gasteiger partial charge on any atom is 0.250 e. The molecule has 0 aromatic heterocycles. The van der Waals surface area contributed by atoms with Crippen molar-refractivity contribution < 1.29 is 9.90 Å². The number of aliphatic hydroxyl groups excluding tert-OH is 1. The summed E-state index contributed by atoms with van der Waals surface area (Å²) in [5.41, 5.74) is 8.10. The van der Waals surface area contributed by atoms with Crippen molar-refractivity contribution in [2.75, 3.05) is 31.1 Å². The number of carbonyl (C=O) groups is 1. The van der Waals surface area contributed by atoms with Crippen LogP contribution in [0.15, 0.2) is 48.5 Å². The van der Waals surface area contributed by atoms with Crippen molar-refractivity contribution in [1.29, 1.82) is 0 Å². The number of aliphatic hydroxyl groups is 1. The number of β-amino-alcohol motifs (C(OH)–C–C–N with tert-alkyl or cyclic N) is 1. The van der Waals surface area contributed by atoms with Crippen LogP contribution >= 0.6 is 11.6 Å². The van der Waals surface area contributed by atoms with Crippen LogP contribution in [0.25, 0.3) is 0 Å². The average Bonchev–Trinajstić information content (AvgIpc) is 3.11. The molecule has 4 N–H and O–H groups in total. The number of amides is 1. The van der Waals surface area contributed by atoms with Crippen LogP contribution in [0.4, 0.5) is 5.69 Å². The molecule has 4 rings (SSSR count). The third-order valence-electron chi connectivity index (χ3n) is 6.16. The molecular formula is C23H29ClN4O2. The van der Waals surface area contributed by atoms with Crippen molar-refractivity contribution >= 4 is 23.2 Å². The molecule has 1 amide bonds. The van der Waals surface area contributed by atoms with Gasteiger partial charge in [-0.15, -0.1) is 0 Å². The summed E-state index contributed by atoms with van der Waals surface area (Å²) < 4.78 is 0. The van der Waals surface area contributed by atoms with Crippen molar-refractivity contribution in [3.05, 3.63) is 64.7 Å². The second kappa shape index (κ2) is 9.35. The fourth-order valence-corrected chi connectivity index (χ4v) is 4.64. The van der Waals surface area contributed by atoms with Crippen molar-refractivity contribution in [2.24, 2.45) is 5.73 Å². The monoisotopic (exact) mass is 428 g/mol. The highest BCUT2D eigenvalue weighted by molar-refractivity contribution is 6.30. The Morgan fingerprint density at radius 2 is 1.80 bits per heavy atom.